The molecule has 2 fully saturated rings. The number of hydrogen-bond donors (Lipinski definition) is 1. The first kappa shape index (κ1) is 14.3. The van der Waals surface area contributed by atoms with Crippen LogP contribution in [0.4, 0.5) is 0 Å². The van der Waals surface area contributed by atoms with Gasteiger partial charge in [-0.05, 0) is 25.7 Å². The van der Waals surface area contributed by atoms with E-state index in [2.05, 4.69) is 0 Å². The molecule has 2 aliphatic rings. The maximum Gasteiger partial charge on any atom is 0.251 e. The van der Waals surface area contributed by atoms with Crippen molar-refractivity contribution >= 4 is 11.8 Å². The Morgan fingerprint density at radius 3 is 2.58 bits per heavy atom. The number of ether oxygens (including phenoxy) is 1. The van der Waals surface area contributed by atoms with E-state index in [1.54, 1.807) is 7.05 Å². The number of amides is 2. The second-order valence-corrected chi connectivity index (χ2v) is 5.34. The van der Waals surface area contributed by atoms with Gasteiger partial charge in [0.2, 0.25) is 5.91 Å². The average Bonchev–Trinajstić information content (AvgIpc) is 3.08. The molecule has 2 unspecified atom stereocenters. The van der Waals surface area contributed by atoms with Crippen molar-refractivity contribution in [1.29, 1.82) is 0 Å². The highest BCUT2D eigenvalue weighted by atomic mass is 16.5. The van der Waals surface area contributed by atoms with Gasteiger partial charge in [-0.1, -0.05) is 0 Å². The number of likely N-dealkylation sites (tertiary alicyclic amines) is 1. The van der Waals surface area contributed by atoms with Gasteiger partial charge < -0.3 is 20.3 Å². The first-order chi connectivity index (χ1) is 9.11. The standard InChI is InChI=1S/C13H23N3O3/c1-15(9-12(17)16-6-2-3-7-16)13(18)11-5-4-10(8-14)19-11/h10-11H,2-9,14H2,1H3. The van der Waals surface area contributed by atoms with Gasteiger partial charge in [-0.15, -0.1) is 0 Å². The molecule has 2 heterocycles. The van der Waals surface area contributed by atoms with Gasteiger partial charge in [0.05, 0.1) is 12.6 Å². The van der Waals surface area contributed by atoms with E-state index in [0.717, 1.165) is 32.4 Å². The lowest BCUT2D eigenvalue weighted by atomic mass is 10.2. The highest BCUT2D eigenvalue weighted by Gasteiger charge is 2.32. The topological polar surface area (TPSA) is 75.9 Å². The Labute approximate surface area is 113 Å². The number of nitrogens with two attached hydrogens (primary N) is 1. The van der Waals surface area contributed by atoms with Gasteiger partial charge in [-0.25, -0.2) is 0 Å². The highest BCUT2D eigenvalue weighted by Crippen LogP contribution is 2.20. The van der Waals surface area contributed by atoms with Gasteiger partial charge in [-0.2, -0.15) is 0 Å². The minimum atomic E-state index is -0.426. The quantitative estimate of drug-likeness (QED) is 0.751. The molecule has 0 bridgehead atoms. The Bertz CT molecular complexity index is 342. The van der Waals surface area contributed by atoms with Crippen LogP contribution in [-0.2, 0) is 14.3 Å². The van der Waals surface area contributed by atoms with E-state index in [0.29, 0.717) is 13.0 Å². The van der Waals surface area contributed by atoms with Crippen LogP contribution in [0.2, 0.25) is 0 Å². The third-order valence-corrected chi connectivity index (χ3v) is 3.85. The van der Waals surface area contributed by atoms with Crippen LogP contribution in [-0.4, -0.2) is 67.0 Å². The molecule has 19 heavy (non-hydrogen) atoms. The Balaban J connectivity index is 1.80. The summed E-state index contributed by atoms with van der Waals surface area (Å²) in [5.41, 5.74) is 5.53. The minimum Gasteiger partial charge on any atom is -0.364 e. The van der Waals surface area contributed by atoms with E-state index in [1.165, 1.54) is 4.90 Å². The maximum atomic E-state index is 12.1. The Morgan fingerprint density at radius 1 is 1.32 bits per heavy atom. The van der Waals surface area contributed by atoms with Crippen molar-refractivity contribution in [2.24, 2.45) is 5.73 Å². The number of rotatable bonds is 4. The average molecular weight is 269 g/mol. The van der Waals surface area contributed by atoms with Crippen molar-refractivity contribution in [3.8, 4) is 0 Å². The van der Waals surface area contributed by atoms with Gasteiger partial charge in [0, 0.05) is 26.7 Å². The molecule has 0 spiro atoms. The largest absolute Gasteiger partial charge is 0.364 e. The van der Waals surface area contributed by atoms with Crippen molar-refractivity contribution in [2.75, 3.05) is 33.2 Å². The molecule has 2 amide bonds. The van der Waals surface area contributed by atoms with Crippen LogP contribution < -0.4 is 5.73 Å². The summed E-state index contributed by atoms with van der Waals surface area (Å²) in [6.07, 6.45) is 3.20. The number of likely N-dealkylation sites (N-methyl/N-ethyl adjacent to an activating group) is 1. The van der Waals surface area contributed by atoms with Crippen molar-refractivity contribution in [3.63, 3.8) is 0 Å². The lowest BCUT2D eigenvalue weighted by molar-refractivity contribution is -0.146. The summed E-state index contributed by atoms with van der Waals surface area (Å²) in [7, 11) is 1.66. The van der Waals surface area contributed by atoms with Crippen molar-refractivity contribution < 1.29 is 14.3 Å². The molecular formula is C13H23N3O3. The highest BCUT2D eigenvalue weighted by molar-refractivity contribution is 5.87. The van der Waals surface area contributed by atoms with Gasteiger partial charge in [0.15, 0.2) is 0 Å². The monoisotopic (exact) mass is 269 g/mol. The van der Waals surface area contributed by atoms with Crippen LogP contribution in [0.5, 0.6) is 0 Å². The van der Waals surface area contributed by atoms with Crippen molar-refractivity contribution in [2.45, 2.75) is 37.9 Å². The van der Waals surface area contributed by atoms with Gasteiger partial charge >= 0.3 is 0 Å². The van der Waals surface area contributed by atoms with E-state index in [9.17, 15) is 9.59 Å². The lowest BCUT2D eigenvalue weighted by Gasteiger charge is -2.23. The summed E-state index contributed by atoms with van der Waals surface area (Å²) in [4.78, 5) is 27.4. The molecule has 108 valence electrons. The minimum absolute atomic E-state index is 0.0170. The molecule has 2 rings (SSSR count). The summed E-state index contributed by atoms with van der Waals surface area (Å²) in [5.74, 6) is -0.0785. The van der Waals surface area contributed by atoms with Crippen LogP contribution in [0.3, 0.4) is 0 Å². The Hall–Kier alpha value is -1.14. The van der Waals surface area contributed by atoms with Crippen LogP contribution in [0, 0.1) is 0 Å². The van der Waals surface area contributed by atoms with Gasteiger partial charge in [0.25, 0.3) is 5.91 Å². The molecule has 0 aromatic rings. The predicted molar refractivity (Wildman–Crippen MR) is 70.4 cm³/mol. The first-order valence-electron chi connectivity index (χ1n) is 7.00. The SMILES string of the molecule is CN(CC(=O)N1CCCC1)C(=O)C1CCC(CN)O1. The Kier molecular flexibility index (Phi) is 4.76. The zero-order chi connectivity index (χ0) is 13.8. The fourth-order valence-corrected chi connectivity index (χ4v) is 2.65. The van der Waals surface area contributed by atoms with Crippen LogP contribution in [0.25, 0.3) is 0 Å². The molecule has 2 atom stereocenters. The molecule has 0 radical (unpaired) electrons. The maximum absolute atomic E-state index is 12.1. The normalized spacial score (nSPS) is 26.7. The van der Waals surface area contributed by atoms with E-state index in [4.69, 9.17) is 10.5 Å². The van der Waals surface area contributed by atoms with Crippen molar-refractivity contribution in [3.05, 3.63) is 0 Å². The fraction of sp³-hybridized carbons (Fsp3) is 0.846. The Morgan fingerprint density at radius 2 is 2.00 bits per heavy atom. The molecule has 2 saturated heterocycles. The smallest absolute Gasteiger partial charge is 0.251 e. The first-order valence-corrected chi connectivity index (χ1v) is 7.00. The summed E-state index contributed by atoms with van der Waals surface area (Å²) in [6, 6.07) is 0. The van der Waals surface area contributed by atoms with E-state index >= 15 is 0 Å². The molecule has 0 saturated carbocycles. The summed E-state index contributed by atoms with van der Waals surface area (Å²) in [5, 5.41) is 0. The molecule has 0 aromatic heterocycles. The lowest BCUT2D eigenvalue weighted by Crippen LogP contribution is -2.43. The van der Waals surface area contributed by atoms with E-state index in [1.807, 2.05) is 4.90 Å². The fourth-order valence-electron chi connectivity index (χ4n) is 2.65. The molecular weight excluding hydrogens is 246 g/mol. The third-order valence-electron chi connectivity index (χ3n) is 3.85. The van der Waals surface area contributed by atoms with Gasteiger partial charge in [0.1, 0.15) is 6.10 Å². The number of nitrogens with zero attached hydrogens (tertiary/aromatic N) is 2. The number of carbonyl (C=O) groups excluding carboxylic acids is 2. The zero-order valence-corrected chi connectivity index (χ0v) is 11.5. The molecule has 2 aliphatic heterocycles. The third kappa shape index (κ3) is 3.45. The number of carbonyl (C=O) groups is 2. The summed E-state index contributed by atoms with van der Waals surface area (Å²) >= 11 is 0. The van der Waals surface area contributed by atoms with Crippen LogP contribution in [0.1, 0.15) is 25.7 Å². The van der Waals surface area contributed by atoms with Crippen molar-refractivity contribution in [1.82, 2.24) is 9.80 Å². The molecule has 2 N–H and O–H groups in total. The zero-order valence-electron chi connectivity index (χ0n) is 11.5. The molecule has 0 aliphatic carbocycles. The molecule has 6 heteroatoms. The predicted octanol–water partition coefficient (Wildman–Crippen LogP) is -0.426. The van der Waals surface area contributed by atoms with Crippen LogP contribution >= 0.6 is 0 Å². The summed E-state index contributed by atoms with van der Waals surface area (Å²) in [6.45, 7) is 2.22. The number of hydrogen-bond acceptors (Lipinski definition) is 4. The second kappa shape index (κ2) is 6.34. The van der Waals surface area contributed by atoms with E-state index < -0.39 is 6.10 Å². The van der Waals surface area contributed by atoms with Gasteiger partial charge in [-0.3, -0.25) is 9.59 Å². The molecule has 0 aromatic carbocycles. The van der Waals surface area contributed by atoms with E-state index in [-0.39, 0.29) is 24.5 Å². The summed E-state index contributed by atoms with van der Waals surface area (Å²) < 4.78 is 5.56. The molecule has 6 nitrogen and oxygen atoms in total. The second-order valence-electron chi connectivity index (χ2n) is 5.34. The van der Waals surface area contributed by atoms with Crippen LogP contribution in [0.15, 0.2) is 0 Å².